The molecular formula is C21H20N2O2S. The summed E-state index contributed by atoms with van der Waals surface area (Å²) < 4.78 is 5.62. The van der Waals surface area contributed by atoms with Gasteiger partial charge in [0.25, 0.3) is 5.91 Å². The number of hydrogen-bond acceptors (Lipinski definition) is 4. The van der Waals surface area contributed by atoms with Crippen molar-refractivity contribution in [3.63, 3.8) is 0 Å². The molecule has 132 valence electrons. The molecule has 0 N–H and O–H groups in total. The lowest BCUT2D eigenvalue weighted by atomic mass is 10.1. The van der Waals surface area contributed by atoms with Crippen molar-refractivity contribution in [2.24, 2.45) is 0 Å². The summed E-state index contributed by atoms with van der Waals surface area (Å²) in [7, 11) is 0. The molecule has 3 aromatic rings. The maximum absolute atomic E-state index is 13.0. The van der Waals surface area contributed by atoms with Crippen LogP contribution in [0.1, 0.15) is 17.8 Å². The fourth-order valence-electron chi connectivity index (χ4n) is 3.17. The Balaban J connectivity index is 1.61. The minimum Gasteiger partial charge on any atom is -0.368 e. The zero-order valence-corrected chi connectivity index (χ0v) is 15.2. The Hall–Kier alpha value is -2.50. The first-order valence-electron chi connectivity index (χ1n) is 8.78. The zero-order chi connectivity index (χ0) is 17.8. The number of aromatic nitrogens is 1. The number of ether oxygens (including phenoxy) is 1. The highest BCUT2D eigenvalue weighted by Crippen LogP contribution is 2.26. The van der Waals surface area contributed by atoms with Crippen LogP contribution in [-0.2, 0) is 16.1 Å². The van der Waals surface area contributed by atoms with Gasteiger partial charge < -0.3 is 9.64 Å². The Morgan fingerprint density at radius 1 is 1.12 bits per heavy atom. The minimum atomic E-state index is -0.344. The van der Waals surface area contributed by atoms with Gasteiger partial charge in [-0.05, 0) is 36.1 Å². The van der Waals surface area contributed by atoms with E-state index in [4.69, 9.17) is 4.74 Å². The van der Waals surface area contributed by atoms with Crippen LogP contribution >= 0.6 is 11.3 Å². The Kier molecular flexibility index (Phi) is 5.09. The quantitative estimate of drug-likeness (QED) is 0.668. The van der Waals surface area contributed by atoms with Crippen LogP contribution in [0.4, 0.5) is 5.69 Å². The zero-order valence-electron chi connectivity index (χ0n) is 14.4. The van der Waals surface area contributed by atoms with Gasteiger partial charge >= 0.3 is 0 Å². The standard InChI is InChI=1S/C21H20N2O2S/c24-21(19-7-4-13-25-19)23(15-20-22-12-14-26-20)18-10-8-17(9-11-18)16-5-2-1-3-6-16/h1-3,5-6,8-12,14,19H,4,7,13,15H2/t19-/m0/s1. The van der Waals surface area contributed by atoms with Crippen molar-refractivity contribution in [1.82, 2.24) is 4.98 Å². The second-order valence-electron chi connectivity index (χ2n) is 6.26. The Morgan fingerprint density at radius 2 is 1.88 bits per heavy atom. The lowest BCUT2D eigenvalue weighted by Crippen LogP contribution is -2.38. The maximum atomic E-state index is 13.0. The van der Waals surface area contributed by atoms with Crippen LogP contribution < -0.4 is 4.90 Å². The molecule has 2 heterocycles. The molecule has 26 heavy (non-hydrogen) atoms. The highest BCUT2D eigenvalue weighted by Gasteiger charge is 2.29. The second-order valence-corrected chi connectivity index (χ2v) is 7.24. The van der Waals surface area contributed by atoms with Crippen LogP contribution in [0.25, 0.3) is 11.1 Å². The number of carbonyl (C=O) groups excluding carboxylic acids is 1. The van der Waals surface area contributed by atoms with E-state index >= 15 is 0 Å². The fraction of sp³-hybridized carbons (Fsp3) is 0.238. The summed E-state index contributed by atoms with van der Waals surface area (Å²) in [5.41, 5.74) is 3.17. The molecule has 5 heteroatoms. The number of thiazole rings is 1. The van der Waals surface area contributed by atoms with E-state index in [0.717, 1.165) is 34.7 Å². The number of carbonyl (C=O) groups is 1. The first-order chi connectivity index (χ1) is 12.8. The van der Waals surface area contributed by atoms with Crippen LogP contribution in [0.2, 0.25) is 0 Å². The molecule has 0 unspecified atom stereocenters. The highest BCUT2D eigenvalue weighted by atomic mass is 32.1. The molecule has 1 amide bonds. The average Bonchev–Trinajstić information content (AvgIpc) is 3.40. The van der Waals surface area contributed by atoms with Crippen molar-refractivity contribution in [1.29, 1.82) is 0 Å². The van der Waals surface area contributed by atoms with Crippen molar-refractivity contribution in [2.75, 3.05) is 11.5 Å². The number of rotatable bonds is 5. The topological polar surface area (TPSA) is 42.4 Å². The van der Waals surface area contributed by atoms with Crippen LogP contribution in [0.3, 0.4) is 0 Å². The summed E-state index contributed by atoms with van der Waals surface area (Å²) in [6, 6.07) is 18.3. The van der Waals surface area contributed by atoms with E-state index in [-0.39, 0.29) is 12.0 Å². The van der Waals surface area contributed by atoms with E-state index in [9.17, 15) is 4.79 Å². The van der Waals surface area contributed by atoms with E-state index < -0.39 is 0 Å². The third-order valence-corrected chi connectivity index (χ3v) is 5.30. The average molecular weight is 364 g/mol. The largest absolute Gasteiger partial charge is 0.368 e. The minimum absolute atomic E-state index is 0.0187. The Bertz CT molecular complexity index is 841. The molecule has 4 rings (SSSR count). The molecule has 0 spiro atoms. The SMILES string of the molecule is O=C([C@@H]1CCCO1)N(Cc1nccs1)c1ccc(-c2ccccc2)cc1. The predicted molar refractivity (Wildman–Crippen MR) is 104 cm³/mol. The van der Waals surface area contributed by atoms with Gasteiger partial charge in [0.05, 0.1) is 6.54 Å². The normalized spacial score (nSPS) is 16.5. The molecule has 0 bridgehead atoms. The van der Waals surface area contributed by atoms with Gasteiger partial charge in [0.1, 0.15) is 11.1 Å². The van der Waals surface area contributed by atoms with Gasteiger partial charge in [-0.15, -0.1) is 11.3 Å². The molecule has 1 atom stereocenters. The first kappa shape index (κ1) is 16.9. The lowest BCUT2D eigenvalue weighted by molar-refractivity contribution is -0.127. The summed E-state index contributed by atoms with van der Waals surface area (Å²) in [6.45, 7) is 1.13. The summed E-state index contributed by atoms with van der Waals surface area (Å²) in [6.07, 6.45) is 3.15. The number of anilines is 1. The van der Waals surface area contributed by atoms with Gasteiger partial charge in [-0.1, -0.05) is 42.5 Å². The first-order valence-corrected chi connectivity index (χ1v) is 9.66. The molecule has 1 saturated heterocycles. The fourth-order valence-corrected chi connectivity index (χ4v) is 3.78. The van der Waals surface area contributed by atoms with Gasteiger partial charge in [0, 0.05) is 23.9 Å². The monoisotopic (exact) mass is 364 g/mol. The van der Waals surface area contributed by atoms with E-state index in [1.807, 2.05) is 35.7 Å². The van der Waals surface area contributed by atoms with Gasteiger partial charge in [0.15, 0.2) is 0 Å². The molecule has 1 aliphatic heterocycles. The van der Waals surface area contributed by atoms with Gasteiger partial charge in [-0.3, -0.25) is 4.79 Å². The lowest BCUT2D eigenvalue weighted by Gasteiger charge is -2.25. The van der Waals surface area contributed by atoms with Crippen LogP contribution in [-0.4, -0.2) is 23.6 Å². The number of nitrogens with zero attached hydrogens (tertiary/aromatic N) is 2. The number of hydrogen-bond donors (Lipinski definition) is 0. The molecule has 0 radical (unpaired) electrons. The van der Waals surface area contributed by atoms with E-state index in [2.05, 4.69) is 29.2 Å². The molecule has 1 aliphatic rings. The predicted octanol–water partition coefficient (Wildman–Crippen LogP) is 4.52. The summed E-state index contributed by atoms with van der Waals surface area (Å²) in [5, 5.41) is 2.85. The van der Waals surface area contributed by atoms with E-state index in [1.54, 1.807) is 22.4 Å². The van der Waals surface area contributed by atoms with E-state index in [1.165, 1.54) is 0 Å². The molecule has 0 saturated carbocycles. The highest BCUT2D eigenvalue weighted by molar-refractivity contribution is 7.09. The summed E-state index contributed by atoms with van der Waals surface area (Å²) >= 11 is 1.56. The van der Waals surface area contributed by atoms with Gasteiger partial charge in [-0.25, -0.2) is 4.98 Å². The van der Waals surface area contributed by atoms with Crippen molar-refractivity contribution in [3.05, 3.63) is 71.2 Å². The Labute approximate surface area is 157 Å². The summed E-state index contributed by atoms with van der Waals surface area (Å²) in [5.74, 6) is 0.0187. The summed E-state index contributed by atoms with van der Waals surface area (Å²) in [4.78, 5) is 19.1. The van der Waals surface area contributed by atoms with Gasteiger partial charge in [-0.2, -0.15) is 0 Å². The third kappa shape index (κ3) is 3.69. The molecule has 1 aromatic heterocycles. The Morgan fingerprint density at radius 3 is 2.54 bits per heavy atom. The van der Waals surface area contributed by atoms with Crippen molar-refractivity contribution < 1.29 is 9.53 Å². The van der Waals surface area contributed by atoms with Crippen LogP contribution in [0.15, 0.2) is 66.2 Å². The van der Waals surface area contributed by atoms with Crippen molar-refractivity contribution in [3.8, 4) is 11.1 Å². The van der Waals surface area contributed by atoms with E-state index in [0.29, 0.717) is 13.2 Å². The molecule has 4 nitrogen and oxygen atoms in total. The number of amides is 1. The van der Waals surface area contributed by atoms with Crippen molar-refractivity contribution in [2.45, 2.75) is 25.5 Å². The van der Waals surface area contributed by atoms with Gasteiger partial charge in [0.2, 0.25) is 0 Å². The molecule has 1 fully saturated rings. The van der Waals surface area contributed by atoms with Crippen molar-refractivity contribution >= 4 is 22.9 Å². The van der Waals surface area contributed by atoms with Crippen LogP contribution in [0.5, 0.6) is 0 Å². The molecular weight excluding hydrogens is 344 g/mol. The van der Waals surface area contributed by atoms with Crippen LogP contribution in [0, 0.1) is 0 Å². The third-order valence-electron chi connectivity index (χ3n) is 4.53. The molecule has 0 aliphatic carbocycles. The smallest absolute Gasteiger partial charge is 0.256 e. The maximum Gasteiger partial charge on any atom is 0.256 e. The number of benzene rings is 2. The second kappa shape index (κ2) is 7.81. The molecule has 2 aromatic carbocycles.